The topological polar surface area (TPSA) is 67.2 Å². The van der Waals surface area contributed by atoms with Crippen molar-refractivity contribution < 1.29 is 9.59 Å². The number of carbonyl (C=O) groups excluding carboxylic acids is 2. The third kappa shape index (κ3) is 4.68. The Labute approximate surface area is 147 Å². The van der Waals surface area contributed by atoms with Gasteiger partial charge in [-0.15, -0.1) is 0 Å². The number of aromatic nitrogens is 2. The standard InChI is InChI=1S/C19H24N4O2/c24-18-8-7-17(23(18)13-4-12-22-14-11-20-15-22)19(25)21-10-9-16-5-2-1-3-6-16/h1-3,5-6,11,14-15,17H,4,7-10,12-13H2,(H,21,25). The van der Waals surface area contributed by atoms with Crippen LogP contribution in [0.3, 0.4) is 0 Å². The summed E-state index contributed by atoms with van der Waals surface area (Å²) in [5.41, 5.74) is 1.20. The fraction of sp³-hybridized carbons (Fsp3) is 0.421. The lowest BCUT2D eigenvalue weighted by atomic mass is 10.1. The number of hydrogen-bond acceptors (Lipinski definition) is 3. The van der Waals surface area contributed by atoms with Crippen molar-refractivity contribution in [3.8, 4) is 0 Å². The number of hydrogen-bond donors (Lipinski definition) is 1. The molecule has 1 fully saturated rings. The number of likely N-dealkylation sites (tertiary alicyclic amines) is 1. The summed E-state index contributed by atoms with van der Waals surface area (Å²) in [6.45, 7) is 2.00. The summed E-state index contributed by atoms with van der Waals surface area (Å²) < 4.78 is 1.98. The summed E-state index contributed by atoms with van der Waals surface area (Å²) >= 11 is 0. The Kier molecular flexibility index (Phi) is 5.82. The minimum atomic E-state index is -0.328. The van der Waals surface area contributed by atoms with Crippen molar-refractivity contribution >= 4 is 11.8 Å². The van der Waals surface area contributed by atoms with E-state index in [-0.39, 0.29) is 17.9 Å². The van der Waals surface area contributed by atoms with Crippen LogP contribution in [0.2, 0.25) is 0 Å². The number of nitrogens with one attached hydrogen (secondary N) is 1. The largest absolute Gasteiger partial charge is 0.354 e. The van der Waals surface area contributed by atoms with Crippen molar-refractivity contribution in [3.63, 3.8) is 0 Å². The number of imidazole rings is 1. The summed E-state index contributed by atoms with van der Waals surface area (Å²) in [7, 11) is 0. The molecule has 1 aliphatic rings. The lowest BCUT2D eigenvalue weighted by molar-refractivity contribution is -0.135. The Morgan fingerprint density at radius 1 is 1.24 bits per heavy atom. The van der Waals surface area contributed by atoms with Crippen molar-refractivity contribution in [2.24, 2.45) is 0 Å². The monoisotopic (exact) mass is 340 g/mol. The molecule has 1 aromatic carbocycles. The number of amides is 2. The molecule has 0 saturated carbocycles. The van der Waals surface area contributed by atoms with Crippen LogP contribution in [0.25, 0.3) is 0 Å². The Bertz CT molecular complexity index is 685. The van der Waals surface area contributed by atoms with E-state index in [9.17, 15) is 9.59 Å². The van der Waals surface area contributed by atoms with Gasteiger partial charge in [-0.1, -0.05) is 30.3 Å². The van der Waals surface area contributed by atoms with Gasteiger partial charge in [-0.05, 0) is 24.8 Å². The van der Waals surface area contributed by atoms with Gasteiger partial charge in [-0.3, -0.25) is 9.59 Å². The second-order valence-corrected chi connectivity index (χ2v) is 6.32. The summed E-state index contributed by atoms with van der Waals surface area (Å²) in [6, 6.07) is 9.74. The third-order valence-electron chi connectivity index (χ3n) is 4.56. The molecule has 0 bridgehead atoms. The van der Waals surface area contributed by atoms with E-state index < -0.39 is 0 Å². The zero-order valence-electron chi connectivity index (χ0n) is 14.3. The number of aryl methyl sites for hydroxylation is 1. The number of benzene rings is 1. The number of rotatable bonds is 8. The first kappa shape index (κ1) is 17.2. The van der Waals surface area contributed by atoms with Crippen LogP contribution in [0.1, 0.15) is 24.8 Å². The van der Waals surface area contributed by atoms with Gasteiger partial charge in [0.15, 0.2) is 0 Å². The summed E-state index contributed by atoms with van der Waals surface area (Å²) in [5.74, 6) is 0.0400. The van der Waals surface area contributed by atoms with Crippen LogP contribution < -0.4 is 5.32 Å². The van der Waals surface area contributed by atoms with E-state index in [1.54, 1.807) is 17.4 Å². The Balaban J connectivity index is 1.45. The molecular weight excluding hydrogens is 316 g/mol. The highest BCUT2D eigenvalue weighted by molar-refractivity contribution is 5.90. The Hall–Kier alpha value is -2.63. The van der Waals surface area contributed by atoms with Gasteiger partial charge in [-0.2, -0.15) is 0 Å². The maximum Gasteiger partial charge on any atom is 0.242 e. The van der Waals surface area contributed by atoms with E-state index in [0.29, 0.717) is 25.9 Å². The normalized spacial score (nSPS) is 17.0. The van der Waals surface area contributed by atoms with Crippen LogP contribution in [0.4, 0.5) is 0 Å². The maximum atomic E-state index is 12.5. The highest BCUT2D eigenvalue weighted by Gasteiger charge is 2.35. The predicted molar refractivity (Wildman–Crippen MR) is 94.7 cm³/mol. The fourth-order valence-corrected chi connectivity index (χ4v) is 3.22. The predicted octanol–water partition coefficient (Wildman–Crippen LogP) is 1.62. The van der Waals surface area contributed by atoms with Crippen molar-refractivity contribution in [3.05, 3.63) is 54.6 Å². The van der Waals surface area contributed by atoms with E-state index >= 15 is 0 Å². The van der Waals surface area contributed by atoms with E-state index in [1.807, 2.05) is 41.1 Å². The molecule has 2 heterocycles. The van der Waals surface area contributed by atoms with Gasteiger partial charge in [0.25, 0.3) is 0 Å². The van der Waals surface area contributed by atoms with E-state index in [4.69, 9.17) is 0 Å². The summed E-state index contributed by atoms with van der Waals surface area (Å²) in [6.07, 6.45) is 8.09. The molecule has 2 aromatic rings. The van der Waals surface area contributed by atoms with Gasteiger partial charge >= 0.3 is 0 Å². The number of carbonyl (C=O) groups is 2. The first-order chi connectivity index (χ1) is 12.2. The molecule has 1 saturated heterocycles. The molecule has 1 N–H and O–H groups in total. The van der Waals surface area contributed by atoms with Crippen LogP contribution >= 0.6 is 0 Å². The second-order valence-electron chi connectivity index (χ2n) is 6.32. The van der Waals surface area contributed by atoms with Crippen LogP contribution in [0, 0.1) is 0 Å². The first-order valence-electron chi connectivity index (χ1n) is 8.81. The molecule has 0 radical (unpaired) electrons. The molecule has 0 spiro atoms. The minimum Gasteiger partial charge on any atom is -0.354 e. The van der Waals surface area contributed by atoms with Gasteiger partial charge < -0.3 is 14.8 Å². The molecule has 6 heteroatoms. The lowest BCUT2D eigenvalue weighted by Crippen LogP contribution is -2.45. The highest BCUT2D eigenvalue weighted by atomic mass is 16.2. The van der Waals surface area contributed by atoms with Crippen molar-refractivity contribution in [2.75, 3.05) is 13.1 Å². The van der Waals surface area contributed by atoms with Gasteiger partial charge in [0.1, 0.15) is 6.04 Å². The maximum absolute atomic E-state index is 12.5. The SMILES string of the molecule is O=C(NCCc1ccccc1)C1CCC(=O)N1CCCn1ccnc1. The molecule has 25 heavy (non-hydrogen) atoms. The first-order valence-corrected chi connectivity index (χ1v) is 8.81. The summed E-state index contributed by atoms with van der Waals surface area (Å²) in [4.78, 5) is 30.3. The molecule has 1 unspecified atom stereocenters. The molecule has 3 rings (SSSR count). The van der Waals surface area contributed by atoms with Crippen molar-refractivity contribution in [1.82, 2.24) is 19.8 Å². The molecule has 132 valence electrons. The average Bonchev–Trinajstić information content (AvgIpc) is 3.26. The second kappa shape index (κ2) is 8.46. The van der Waals surface area contributed by atoms with Crippen molar-refractivity contribution in [2.45, 2.75) is 38.3 Å². The minimum absolute atomic E-state index is 0.0376. The third-order valence-corrected chi connectivity index (χ3v) is 4.56. The van der Waals surface area contributed by atoms with Crippen LogP contribution in [0.5, 0.6) is 0 Å². The zero-order chi connectivity index (χ0) is 17.5. The molecule has 6 nitrogen and oxygen atoms in total. The lowest BCUT2D eigenvalue weighted by Gasteiger charge is -2.24. The smallest absolute Gasteiger partial charge is 0.242 e. The quantitative estimate of drug-likeness (QED) is 0.794. The van der Waals surface area contributed by atoms with Gasteiger partial charge in [0, 0.05) is 38.4 Å². The number of nitrogens with zero attached hydrogens (tertiary/aromatic N) is 3. The van der Waals surface area contributed by atoms with E-state index in [2.05, 4.69) is 10.3 Å². The average molecular weight is 340 g/mol. The van der Waals surface area contributed by atoms with Crippen LogP contribution in [-0.4, -0.2) is 45.4 Å². The zero-order valence-corrected chi connectivity index (χ0v) is 14.3. The van der Waals surface area contributed by atoms with E-state index in [1.165, 1.54) is 5.56 Å². The molecule has 0 aliphatic carbocycles. The molecular formula is C19H24N4O2. The molecule has 1 atom stereocenters. The van der Waals surface area contributed by atoms with E-state index in [0.717, 1.165) is 19.4 Å². The summed E-state index contributed by atoms with van der Waals surface area (Å²) in [5, 5.41) is 2.98. The Morgan fingerprint density at radius 2 is 2.08 bits per heavy atom. The highest BCUT2D eigenvalue weighted by Crippen LogP contribution is 2.19. The fourth-order valence-electron chi connectivity index (χ4n) is 3.22. The Morgan fingerprint density at radius 3 is 2.84 bits per heavy atom. The van der Waals surface area contributed by atoms with Gasteiger partial charge in [0.2, 0.25) is 11.8 Å². The van der Waals surface area contributed by atoms with Crippen molar-refractivity contribution in [1.29, 1.82) is 0 Å². The van der Waals surface area contributed by atoms with Crippen LogP contribution in [-0.2, 0) is 22.6 Å². The molecule has 2 amide bonds. The van der Waals surface area contributed by atoms with Crippen LogP contribution in [0.15, 0.2) is 49.1 Å². The molecule has 1 aromatic heterocycles. The van der Waals surface area contributed by atoms with Gasteiger partial charge in [0.05, 0.1) is 6.33 Å². The molecule has 1 aliphatic heterocycles. The van der Waals surface area contributed by atoms with Gasteiger partial charge in [-0.25, -0.2) is 4.98 Å².